The summed E-state index contributed by atoms with van der Waals surface area (Å²) in [5.41, 5.74) is 1.40. The summed E-state index contributed by atoms with van der Waals surface area (Å²) in [5, 5.41) is 13.4. The second-order valence-corrected chi connectivity index (χ2v) is 9.31. The third-order valence-electron chi connectivity index (χ3n) is 4.21. The summed E-state index contributed by atoms with van der Waals surface area (Å²) in [6.45, 7) is 1.64. The predicted octanol–water partition coefficient (Wildman–Crippen LogP) is 3.02. The number of benzene rings is 3. The molecule has 1 amide bonds. The van der Waals surface area contributed by atoms with Crippen molar-refractivity contribution in [1.82, 2.24) is 0 Å². The van der Waals surface area contributed by atoms with Crippen molar-refractivity contribution in [1.29, 1.82) is 0 Å². The average molecular weight is 535 g/mol. The summed E-state index contributed by atoms with van der Waals surface area (Å²) in [5.74, 6) is -1.84. The van der Waals surface area contributed by atoms with Gasteiger partial charge in [0.05, 0.1) is 10.9 Å². The van der Waals surface area contributed by atoms with Crippen molar-refractivity contribution in [2.75, 3.05) is 10.0 Å². The third-order valence-corrected chi connectivity index (χ3v) is 6.46. The molecule has 3 aromatic rings. The molecule has 0 unspecified atom stereocenters. The van der Waals surface area contributed by atoms with Gasteiger partial charge in [-0.1, -0.05) is 18.2 Å². The van der Waals surface area contributed by atoms with Gasteiger partial charge in [-0.2, -0.15) is 0 Å². The van der Waals surface area contributed by atoms with Crippen molar-refractivity contribution < 1.29 is 23.1 Å². The molecule has 2 N–H and O–H groups in total. The number of carbonyl (C=O) groups is 2. The molecule has 0 bridgehead atoms. The monoisotopic (exact) mass is 535 g/mol. The summed E-state index contributed by atoms with van der Waals surface area (Å²) < 4.78 is 29.2. The lowest BCUT2D eigenvalue weighted by Gasteiger charge is -2.12. The predicted molar refractivity (Wildman–Crippen MR) is 120 cm³/mol. The Morgan fingerprint density at radius 1 is 0.867 bits per heavy atom. The zero-order valence-corrected chi connectivity index (χ0v) is 18.7. The van der Waals surface area contributed by atoms with Crippen LogP contribution in [-0.4, -0.2) is 20.3 Å². The Hall–Kier alpha value is -2.92. The Morgan fingerprint density at radius 3 is 2.03 bits per heavy atom. The summed E-state index contributed by atoms with van der Waals surface area (Å²) in [7, 11) is -3.91. The molecular formula is C21H16IN2O5S-. The molecule has 0 saturated carbocycles. The fourth-order valence-electron chi connectivity index (χ4n) is 2.65. The third kappa shape index (κ3) is 5.16. The molecule has 3 aromatic carbocycles. The lowest BCUT2D eigenvalue weighted by Crippen LogP contribution is -2.22. The fourth-order valence-corrected chi connectivity index (χ4v) is 4.34. The molecule has 0 heterocycles. The maximum Gasteiger partial charge on any atom is 0.262 e. The molecule has 0 aliphatic heterocycles. The molecule has 0 radical (unpaired) electrons. The van der Waals surface area contributed by atoms with Crippen LogP contribution >= 0.6 is 22.6 Å². The first kappa shape index (κ1) is 21.8. The number of rotatable bonds is 6. The normalized spacial score (nSPS) is 11.0. The van der Waals surface area contributed by atoms with Gasteiger partial charge in [0.2, 0.25) is 0 Å². The van der Waals surface area contributed by atoms with Crippen LogP contribution in [-0.2, 0) is 10.0 Å². The Kier molecular flexibility index (Phi) is 6.42. The maximum absolute atomic E-state index is 12.8. The Morgan fingerprint density at radius 2 is 1.43 bits per heavy atom. The molecule has 0 atom stereocenters. The van der Waals surface area contributed by atoms with E-state index in [2.05, 4.69) is 32.6 Å². The molecule has 3 rings (SSSR count). The quantitative estimate of drug-likeness (QED) is 0.471. The van der Waals surface area contributed by atoms with E-state index in [1.54, 1.807) is 37.3 Å². The van der Waals surface area contributed by atoms with E-state index in [9.17, 15) is 23.1 Å². The van der Waals surface area contributed by atoms with Gasteiger partial charge in [-0.3, -0.25) is 9.52 Å². The number of carboxylic acid groups (broad SMARTS) is 1. The lowest BCUT2D eigenvalue weighted by molar-refractivity contribution is -0.255. The van der Waals surface area contributed by atoms with Crippen LogP contribution in [0.15, 0.2) is 71.6 Å². The molecule has 30 heavy (non-hydrogen) atoms. The minimum absolute atomic E-state index is 0.0130. The number of hydrogen-bond acceptors (Lipinski definition) is 5. The molecule has 154 valence electrons. The number of amides is 1. The average Bonchev–Trinajstić information content (AvgIpc) is 2.70. The van der Waals surface area contributed by atoms with Crippen LogP contribution < -0.4 is 15.1 Å². The lowest BCUT2D eigenvalue weighted by atomic mass is 10.1. The van der Waals surface area contributed by atoms with Crippen LogP contribution in [0.25, 0.3) is 0 Å². The first-order chi connectivity index (χ1) is 14.2. The second-order valence-electron chi connectivity index (χ2n) is 6.41. The fraction of sp³-hybridized carbons (Fsp3) is 0.0476. The molecule has 0 fully saturated rings. The summed E-state index contributed by atoms with van der Waals surface area (Å²) in [6.07, 6.45) is 0. The van der Waals surface area contributed by atoms with Gasteiger partial charge in [-0.05, 0) is 89.2 Å². The topological polar surface area (TPSA) is 115 Å². The zero-order valence-electron chi connectivity index (χ0n) is 15.7. The van der Waals surface area contributed by atoms with Gasteiger partial charge >= 0.3 is 0 Å². The smallest absolute Gasteiger partial charge is 0.262 e. The Bertz CT molecular complexity index is 1210. The number of anilines is 2. The van der Waals surface area contributed by atoms with Gasteiger partial charge in [0.25, 0.3) is 15.9 Å². The van der Waals surface area contributed by atoms with Crippen LogP contribution in [0.4, 0.5) is 11.4 Å². The van der Waals surface area contributed by atoms with E-state index in [1.807, 2.05) is 0 Å². The highest BCUT2D eigenvalue weighted by Crippen LogP contribution is 2.22. The van der Waals surface area contributed by atoms with Crippen LogP contribution in [0, 0.1) is 10.5 Å². The van der Waals surface area contributed by atoms with Gasteiger partial charge in [0, 0.05) is 20.5 Å². The molecule has 0 aromatic heterocycles. The highest BCUT2D eigenvalue weighted by atomic mass is 127. The van der Waals surface area contributed by atoms with E-state index in [0.29, 0.717) is 16.9 Å². The van der Waals surface area contributed by atoms with Gasteiger partial charge in [-0.15, -0.1) is 0 Å². The summed E-state index contributed by atoms with van der Waals surface area (Å²) in [4.78, 5) is 23.4. The molecule has 9 heteroatoms. The van der Waals surface area contributed by atoms with E-state index in [1.165, 1.54) is 36.4 Å². The molecule has 7 nitrogen and oxygen atoms in total. The summed E-state index contributed by atoms with van der Waals surface area (Å²) in [6, 6.07) is 16.7. The number of aryl methyl sites for hydroxylation is 1. The van der Waals surface area contributed by atoms with Crippen molar-refractivity contribution in [3.63, 3.8) is 0 Å². The number of carboxylic acids is 1. The van der Waals surface area contributed by atoms with Gasteiger partial charge in [0.15, 0.2) is 0 Å². The second kappa shape index (κ2) is 8.84. The standard InChI is InChI=1S/C21H17IN2O5S/c1-13-2-3-15(20(25)23-17-8-4-14(5-9-17)21(26)27)12-19(13)30(28,29)24-18-10-6-16(22)7-11-18/h2-12,24H,1H3,(H,23,25)(H,26,27)/p-1. The van der Waals surface area contributed by atoms with Crippen molar-refractivity contribution in [2.24, 2.45) is 0 Å². The molecule has 0 aliphatic carbocycles. The number of carbonyl (C=O) groups excluding carboxylic acids is 2. The van der Waals surface area contributed by atoms with E-state index in [0.717, 1.165) is 3.57 Å². The molecule has 0 aliphatic rings. The first-order valence-electron chi connectivity index (χ1n) is 8.67. The Labute approximate surface area is 187 Å². The van der Waals surface area contributed by atoms with Crippen LogP contribution in [0.5, 0.6) is 0 Å². The molecular weight excluding hydrogens is 519 g/mol. The van der Waals surface area contributed by atoms with Crippen LogP contribution in [0.1, 0.15) is 26.3 Å². The number of hydrogen-bond donors (Lipinski definition) is 2. The zero-order chi connectivity index (χ0) is 21.9. The van der Waals surface area contributed by atoms with Crippen molar-refractivity contribution >= 4 is 55.9 Å². The van der Waals surface area contributed by atoms with Crippen molar-refractivity contribution in [3.05, 3.63) is 87.0 Å². The van der Waals surface area contributed by atoms with E-state index < -0.39 is 21.9 Å². The molecule has 0 saturated heterocycles. The number of nitrogens with one attached hydrogen (secondary N) is 2. The first-order valence-corrected chi connectivity index (χ1v) is 11.2. The van der Waals surface area contributed by atoms with Gasteiger partial charge in [-0.25, -0.2) is 8.42 Å². The largest absolute Gasteiger partial charge is 0.545 e. The molecule has 0 spiro atoms. The summed E-state index contributed by atoms with van der Waals surface area (Å²) >= 11 is 2.12. The van der Waals surface area contributed by atoms with Crippen molar-refractivity contribution in [3.8, 4) is 0 Å². The Balaban J connectivity index is 1.83. The highest BCUT2D eigenvalue weighted by molar-refractivity contribution is 14.1. The van der Waals surface area contributed by atoms with Gasteiger partial charge < -0.3 is 15.2 Å². The van der Waals surface area contributed by atoms with Gasteiger partial charge in [0.1, 0.15) is 0 Å². The van der Waals surface area contributed by atoms with E-state index in [-0.39, 0.29) is 16.0 Å². The maximum atomic E-state index is 12.8. The van der Waals surface area contributed by atoms with Crippen LogP contribution in [0.2, 0.25) is 0 Å². The number of aromatic carboxylic acids is 1. The number of sulfonamides is 1. The van der Waals surface area contributed by atoms with E-state index in [4.69, 9.17) is 0 Å². The van der Waals surface area contributed by atoms with Crippen molar-refractivity contribution in [2.45, 2.75) is 11.8 Å². The minimum Gasteiger partial charge on any atom is -0.545 e. The minimum atomic E-state index is -3.91. The van der Waals surface area contributed by atoms with E-state index >= 15 is 0 Å². The number of halogens is 1. The highest BCUT2D eigenvalue weighted by Gasteiger charge is 2.19. The SMILES string of the molecule is Cc1ccc(C(=O)Nc2ccc(C(=O)[O-])cc2)cc1S(=O)(=O)Nc1ccc(I)cc1. The van der Waals surface area contributed by atoms with Crippen LogP contribution in [0.3, 0.4) is 0 Å².